The van der Waals surface area contributed by atoms with Gasteiger partial charge in [-0.1, -0.05) is 12.8 Å². The maximum atomic E-state index is 4.67. The largest absolute Gasteiger partial charge is 0.341 e. The molecule has 1 aromatic rings. The number of rotatable bonds is 2. The summed E-state index contributed by atoms with van der Waals surface area (Å²) >= 11 is 0. The number of hydrogen-bond donors (Lipinski definition) is 1. The number of hydrogen-bond acceptors (Lipinski definition) is 3. The molecule has 1 aliphatic carbocycles. The summed E-state index contributed by atoms with van der Waals surface area (Å²) in [6, 6.07) is 2.14. The normalized spacial score (nSPS) is 31.9. The summed E-state index contributed by atoms with van der Waals surface area (Å²) in [5.41, 5.74) is 0. The number of imidazole rings is 1. The van der Waals surface area contributed by atoms with Crippen molar-refractivity contribution in [3.05, 3.63) is 12.4 Å². The van der Waals surface area contributed by atoms with E-state index in [1.807, 2.05) is 6.20 Å². The Balaban J connectivity index is 1.56. The third-order valence-corrected chi connectivity index (χ3v) is 5.17. The highest BCUT2D eigenvalue weighted by Gasteiger charge is 2.31. The van der Waals surface area contributed by atoms with Gasteiger partial charge in [0, 0.05) is 43.6 Å². The predicted octanol–water partition coefficient (Wildman–Crippen LogP) is 2.33. The fourth-order valence-electron chi connectivity index (χ4n) is 4.14. The lowest BCUT2D eigenvalue weighted by Crippen LogP contribution is -2.36. The maximum Gasteiger partial charge on any atom is 0.205 e. The topological polar surface area (TPSA) is 33.1 Å². The van der Waals surface area contributed by atoms with Crippen molar-refractivity contribution in [3.8, 4) is 0 Å². The van der Waals surface area contributed by atoms with Gasteiger partial charge in [0.2, 0.25) is 5.95 Å². The minimum Gasteiger partial charge on any atom is -0.341 e. The summed E-state index contributed by atoms with van der Waals surface area (Å²) in [6.07, 6.45) is 13.6. The summed E-state index contributed by atoms with van der Waals surface area (Å²) in [5.74, 6) is 1.22. The second kappa shape index (κ2) is 4.82. The van der Waals surface area contributed by atoms with Gasteiger partial charge in [-0.25, -0.2) is 4.98 Å². The lowest BCUT2D eigenvalue weighted by Gasteiger charge is -2.27. The number of anilines is 1. The Morgan fingerprint density at radius 3 is 2.79 bits per heavy atom. The Morgan fingerprint density at radius 2 is 1.89 bits per heavy atom. The monoisotopic (exact) mass is 260 g/mol. The van der Waals surface area contributed by atoms with E-state index in [2.05, 4.69) is 26.0 Å². The SMILES string of the molecule is c1cn(C2CCCC2)c(N2CCC3CCC(C2)N3)n1. The molecule has 2 aliphatic heterocycles. The molecule has 19 heavy (non-hydrogen) atoms. The number of aromatic nitrogens is 2. The zero-order valence-electron chi connectivity index (χ0n) is 11.6. The molecule has 0 spiro atoms. The van der Waals surface area contributed by atoms with Crippen molar-refractivity contribution in [2.75, 3.05) is 18.0 Å². The van der Waals surface area contributed by atoms with Crippen LogP contribution in [0, 0.1) is 0 Å². The van der Waals surface area contributed by atoms with Crippen molar-refractivity contribution >= 4 is 5.95 Å². The van der Waals surface area contributed by atoms with Crippen LogP contribution in [0.2, 0.25) is 0 Å². The Morgan fingerprint density at radius 1 is 1.05 bits per heavy atom. The molecular weight excluding hydrogens is 236 g/mol. The van der Waals surface area contributed by atoms with Gasteiger partial charge in [0.25, 0.3) is 0 Å². The number of nitrogens with zero attached hydrogens (tertiary/aromatic N) is 3. The van der Waals surface area contributed by atoms with Gasteiger partial charge < -0.3 is 14.8 Å². The minimum absolute atomic E-state index is 0.682. The third-order valence-electron chi connectivity index (χ3n) is 5.17. The van der Waals surface area contributed by atoms with E-state index in [9.17, 15) is 0 Å². The summed E-state index contributed by atoms with van der Waals surface area (Å²) in [4.78, 5) is 7.19. The molecule has 0 radical (unpaired) electrons. The van der Waals surface area contributed by atoms with E-state index in [4.69, 9.17) is 0 Å². The lowest BCUT2D eigenvalue weighted by atomic mass is 10.1. The third kappa shape index (κ3) is 2.16. The van der Waals surface area contributed by atoms with E-state index in [1.165, 1.54) is 50.9 Å². The molecule has 1 N–H and O–H groups in total. The summed E-state index contributed by atoms with van der Waals surface area (Å²) < 4.78 is 2.45. The molecule has 0 aromatic carbocycles. The Labute approximate surface area is 115 Å². The quantitative estimate of drug-likeness (QED) is 0.886. The zero-order valence-corrected chi connectivity index (χ0v) is 11.6. The highest BCUT2D eigenvalue weighted by atomic mass is 15.3. The molecule has 0 amide bonds. The van der Waals surface area contributed by atoms with E-state index in [-0.39, 0.29) is 0 Å². The van der Waals surface area contributed by atoms with Crippen LogP contribution < -0.4 is 10.2 Å². The molecule has 1 aromatic heterocycles. The molecule has 4 rings (SSSR count). The Hall–Kier alpha value is -1.03. The van der Waals surface area contributed by atoms with Crippen LogP contribution in [-0.2, 0) is 0 Å². The van der Waals surface area contributed by atoms with Crippen LogP contribution in [0.15, 0.2) is 12.4 Å². The summed E-state index contributed by atoms with van der Waals surface area (Å²) in [5, 5.41) is 3.76. The number of fused-ring (bicyclic) bond motifs is 2. The van der Waals surface area contributed by atoms with Gasteiger partial charge in [-0.3, -0.25) is 0 Å². The first-order valence-electron chi connectivity index (χ1n) is 7.94. The van der Waals surface area contributed by atoms with Crippen molar-refractivity contribution in [1.29, 1.82) is 0 Å². The summed E-state index contributed by atoms with van der Waals surface area (Å²) in [7, 11) is 0. The first-order valence-corrected chi connectivity index (χ1v) is 7.94. The Bertz CT molecular complexity index is 435. The van der Waals surface area contributed by atoms with E-state index in [0.717, 1.165) is 19.1 Å². The van der Waals surface area contributed by atoms with Crippen LogP contribution in [0.25, 0.3) is 0 Å². The predicted molar refractivity (Wildman–Crippen MR) is 76.5 cm³/mol. The highest BCUT2D eigenvalue weighted by molar-refractivity contribution is 5.33. The fraction of sp³-hybridized carbons (Fsp3) is 0.800. The van der Waals surface area contributed by atoms with Crippen molar-refractivity contribution in [2.24, 2.45) is 0 Å². The van der Waals surface area contributed by atoms with Gasteiger partial charge in [0.1, 0.15) is 0 Å². The first-order chi connectivity index (χ1) is 9.40. The van der Waals surface area contributed by atoms with Crippen molar-refractivity contribution < 1.29 is 0 Å². The van der Waals surface area contributed by atoms with E-state index in [1.54, 1.807) is 0 Å². The molecule has 2 atom stereocenters. The second-order valence-corrected chi connectivity index (χ2v) is 6.45. The molecule has 3 aliphatic rings. The van der Waals surface area contributed by atoms with Gasteiger partial charge >= 0.3 is 0 Å². The van der Waals surface area contributed by atoms with Crippen LogP contribution in [0.4, 0.5) is 5.95 Å². The van der Waals surface area contributed by atoms with Crippen LogP contribution in [0.1, 0.15) is 51.0 Å². The molecule has 4 heteroatoms. The average molecular weight is 260 g/mol. The molecular formula is C15H24N4. The van der Waals surface area contributed by atoms with Gasteiger partial charge in [-0.2, -0.15) is 0 Å². The second-order valence-electron chi connectivity index (χ2n) is 6.45. The fourth-order valence-corrected chi connectivity index (χ4v) is 4.14. The molecule has 104 valence electrons. The van der Waals surface area contributed by atoms with Gasteiger partial charge in [0.05, 0.1) is 0 Å². The molecule has 2 bridgehead atoms. The van der Waals surface area contributed by atoms with Crippen LogP contribution in [0.5, 0.6) is 0 Å². The molecule has 1 saturated carbocycles. The van der Waals surface area contributed by atoms with Gasteiger partial charge in [0.15, 0.2) is 0 Å². The van der Waals surface area contributed by atoms with E-state index in [0.29, 0.717) is 12.1 Å². The van der Waals surface area contributed by atoms with Crippen molar-refractivity contribution in [2.45, 2.75) is 63.1 Å². The van der Waals surface area contributed by atoms with Crippen LogP contribution in [0.3, 0.4) is 0 Å². The van der Waals surface area contributed by atoms with Crippen LogP contribution in [-0.4, -0.2) is 34.7 Å². The Kier molecular flexibility index (Phi) is 2.98. The first kappa shape index (κ1) is 11.8. The minimum atomic E-state index is 0.682. The highest BCUT2D eigenvalue weighted by Crippen LogP contribution is 2.33. The maximum absolute atomic E-state index is 4.67. The molecule has 2 saturated heterocycles. The molecule has 4 nitrogen and oxygen atoms in total. The molecule has 2 unspecified atom stereocenters. The van der Waals surface area contributed by atoms with E-state index < -0.39 is 0 Å². The van der Waals surface area contributed by atoms with E-state index >= 15 is 0 Å². The van der Waals surface area contributed by atoms with Crippen molar-refractivity contribution in [1.82, 2.24) is 14.9 Å². The lowest BCUT2D eigenvalue weighted by molar-refractivity contribution is 0.504. The summed E-state index contributed by atoms with van der Waals surface area (Å²) in [6.45, 7) is 2.30. The zero-order chi connectivity index (χ0) is 12.7. The smallest absolute Gasteiger partial charge is 0.205 e. The number of nitrogens with one attached hydrogen (secondary N) is 1. The van der Waals surface area contributed by atoms with Gasteiger partial charge in [-0.15, -0.1) is 0 Å². The van der Waals surface area contributed by atoms with Crippen LogP contribution >= 0.6 is 0 Å². The molecule has 3 heterocycles. The standard InChI is InChI=1S/C15H24N4/c1-2-4-14(3-1)19-10-8-16-15(19)18-9-7-12-5-6-13(11-18)17-12/h8,10,12-14,17H,1-7,9,11H2. The molecule has 3 fully saturated rings. The van der Waals surface area contributed by atoms with Gasteiger partial charge in [-0.05, 0) is 32.1 Å². The van der Waals surface area contributed by atoms with Crippen molar-refractivity contribution in [3.63, 3.8) is 0 Å². The average Bonchev–Trinajstić information content (AvgIpc) is 3.09.